The van der Waals surface area contributed by atoms with E-state index in [1.54, 1.807) is 6.07 Å². The maximum absolute atomic E-state index is 12.7. The van der Waals surface area contributed by atoms with Crippen molar-refractivity contribution < 1.29 is 14.3 Å². The van der Waals surface area contributed by atoms with E-state index in [0.29, 0.717) is 22.8 Å². The second-order valence-electron chi connectivity index (χ2n) is 6.42. The van der Waals surface area contributed by atoms with Gasteiger partial charge in [-0.25, -0.2) is 0 Å². The summed E-state index contributed by atoms with van der Waals surface area (Å²) in [6.45, 7) is 4.57. The van der Waals surface area contributed by atoms with E-state index < -0.39 is 6.10 Å². The van der Waals surface area contributed by atoms with Gasteiger partial charge >= 0.3 is 0 Å². The number of carbonyl (C=O) groups is 1. The number of para-hydroxylation sites is 2. The number of hydrogen-bond acceptors (Lipinski definition) is 4. The van der Waals surface area contributed by atoms with Gasteiger partial charge in [0.25, 0.3) is 5.91 Å². The SMILES string of the molecule is C#CCn1c(=NC(=O)[C@H]2COc3ccccc3O2)sc2cc(C)cc(C)c21. The molecule has 1 amide bonds. The van der Waals surface area contributed by atoms with E-state index >= 15 is 0 Å². The van der Waals surface area contributed by atoms with Crippen molar-refractivity contribution in [1.29, 1.82) is 0 Å². The van der Waals surface area contributed by atoms with Crippen molar-refractivity contribution in [3.63, 3.8) is 0 Å². The van der Waals surface area contributed by atoms with Gasteiger partial charge in [-0.2, -0.15) is 4.99 Å². The molecule has 1 aliphatic heterocycles. The Morgan fingerprint density at radius 2 is 2.11 bits per heavy atom. The van der Waals surface area contributed by atoms with E-state index in [1.165, 1.54) is 11.3 Å². The zero-order chi connectivity index (χ0) is 19.0. The Hall–Kier alpha value is -3.04. The summed E-state index contributed by atoms with van der Waals surface area (Å²) in [6, 6.07) is 11.5. The summed E-state index contributed by atoms with van der Waals surface area (Å²) in [4.78, 5) is 17.6. The fourth-order valence-electron chi connectivity index (χ4n) is 3.22. The second-order valence-corrected chi connectivity index (χ2v) is 7.43. The van der Waals surface area contributed by atoms with Crippen LogP contribution in [0.25, 0.3) is 10.2 Å². The van der Waals surface area contributed by atoms with E-state index in [1.807, 2.05) is 36.6 Å². The zero-order valence-corrected chi connectivity index (χ0v) is 15.9. The summed E-state index contributed by atoms with van der Waals surface area (Å²) >= 11 is 1.45. The number of rotatable bonds is 2. The Balaban J connectivity index is 1.74. The number of amides is 1. The molecule has 2 aromatic carbocycles. The minimum Gasteiger partial charge on any atom is -0.485 e. The first-order chi connectivity index (χ1) is 13.1. The molecule has 3 aromatic rings. The molecule has 0 spiro atoms. The van der Waals surface area contributed by atoms with Crippen LogP contribution in [-0.2, 0) is 11.3 Å². The third kappa shape index (κ3) is 3.22. The molecule has 1 aromatic heterocycles. The van der Waals surface area contributed by atoms with Crippen LogP contribution in [-0.4, -0.2) is 23.2 Å². The monoisotopic (exact) mass is 378 g/mol. The van der Waals surface area contributed by atoms with Gasteiger partial charge < -0.3 is 14.0 Å². The van der Waals surface area contributed by atoms with Gasteiger partial charge in [0.2, 0.25) is 6.10 Å². The molecule has 1 atom stereocenters. The highest BCUT2D eigenvalue weighted by atomic mass is 32.1. The van der Waals surface area contributed by atoms with Crippen LogP contribution < -0.4 is 14.3 Å². The van der Waals surface area contributed by atoms with Crippen molar-refractivity contribution in [3.8, 4) is 23.8 Å². The fraction of sp³-hybridized carbons (Fsp3) is 0.238. The molecule has 27 heavy (non-hydrogen) atoms. The van der Waals surface area contributed by atoms with Crippen molar-refractivity contribution in [2.75, 3.05) is 6.61 Å². The Morgan fingerprint density at radius 3 is 2.89 bits per heavy atom. The Labute approximate surface area is 160 Å². The molecule has 0 N–H and O–H groups in total. The van der Waals surface area contributed by atoms with Crippen molar-refractivity contribution in [1.82, 2.24) is 4.57 Å². The van der Waals surface area contributed by atoms with Gasteiger partial charge in [0, 0.05) is 0 Å². The van der Waals surface area contributed by atoms with Gasteiger partial charge in [-0.05, 0) is 43.2 Å². The van der Waals surface area contributed by atoms with Crippen molar-refractivity contribution in [3.05, 3.63) is 52.3 Å². The highest BCUT2D eigenvalue weighted by molar-refractivity contribution is 7.16. The van der Waals surface area contributed by atoms with Crippen LogP contribution in [0.3, 0.4) is 0 Å². The van der Waals surface area contributed by atoms with Gasteiger partial charge in [0.05, 0.1) is 16.8 Å². The Bertz CT molecular complexity index is 1150. The van der Waals surface area contributed by atoms with Crippen LogP contribution in [0.4, 0.5) is 0 Å². The van der Waals surface area contributed by atoms with Crippen LogP contribution >= 0.6 is 11.3 Å². The second kappa shape index (κ2) is 6.93. The van der Waals surface area contributed by atoms with Crippen LogP contribution in [0.1, 0.15) is 11.1 Å². The molecule has 6 heteroatoms. The molecule has 5 nitrogen and oxygen atoms in total. The number of fused-ring (bicyclic) bond motifs is 2. The average molecular weight is 378 g/mol. The summed E-state index contributed by atoms with van der Waals surface area (Å²) in [5.41, 5.74) is 3.28. The largest absolute Gasteiger partial charge is 0.485 e. The topological polar surface area (TPSA) is 52.8 Å². The highest BCUT2D eigenvalue weighted by Gasteiger charge is 2.27. The van der Waals surface area contributed by atoms with Gasteiger partial charge in [-0.15, -0.1) is 6.42 Å². The Morgan fingerprint density at radius 1 is 1.33 bits per heavy atom. The normalized spacial score (nSPS) is 16.3. The predicted molar refractivity (Wildman–Crippen MR) is 105 cm³/mol. The molecule has 0 unspecified atom stereocenters. The Kier molecular flexibility index (Phi) is 4.46. The molecular formula is C21H18N2O3S. The van der Waals surface area contributed by atoms with Crippen molar-refractivity contribution in [2.24, 2.45) is 4.99 Å². The molecule has 136 valence electrons. The third-order valence-electron chi connectivity index (χ3n) is 4.35. The lowest BCUT2D eigenvalue weighted by Crippen LogP contribution is -2.36. The zero-order valence-electron chi connectivity index (χ0n) is 15.1. The third-order valence-corrected chi connectivity index (χ3v) is 5.38. The number of nitrogens with zero attached hydrogens (tertiary/aromatic N) is 2. The summed E-state index contributed by atoms with van der Waals surface area (Å²) in [5.74, 6) is 3.46. The van der Waals surface area contributed by atoms with E-state index in [2.05, 4.69) is 23.0 Å². The number of aryl methyl sites for hydroxylation is 2. The van der Waals surface area contributed by atoms with Crippen LogP contribution in [0.2, 0.25) is 0 Å². The van der Waals surface area contributed by atoms with Crippen LogP contribution in [0, 0.1) is 26.2 Å². The van der Waals surface area contributed by atoms with Gasteiger partial charge in [-0.1, -0.05) is 35.5 Å². The number of thiazole rings is 1. The average Bonchev–Trinajstić information content (AvgIpc) is 2.98. The van der Waals surface area contributed by atoms with Gasteiger partial charge in [0.1, 0.15) is 6.61 Å². The van der Waals surface area contributed by atoms with E-state index in [-0.39, 0.29) is 12.5 Å². The van der Waals surface area contributed by atoms with E-state index in [9.17, 15) is 4.79 Å². The number of terminal acetylenes is 1. The quantitative estimate of drug-likeness (QED) is 0.644. The molecule has 0 aliphatic carbocycles. The molecule has 0 bridgehead atoms. The molecule has 1 aliphatic rings. The summed E-state index contributed by atoms with van der Waals surface area (Å²) < 4.78 is 14.4. The first-order valence-corrected chi connectivity index (χ1v) is 9.39. The molecular weight excluding hydrogens is 360 g/mol. The van der Waals surface area contributed by atoms with E-state index in [0.717, 1.165) is 21.3 Å². The molecule has 2 heterocycles. The molecule has 0 saturated heterocycles. The lowest BCUT2D eigenvalue weighted by molar-refractivity contribution is -0.127. The molecule has 0 saturated carbocycles. The van der Waals surface area contributed by atoms with Crippen LogP contribution in [0.15, 0.2) is 41.4 Å². The van der Waals surface area contributed by atoms with Crippen molar-refractivity contribution >= 4 is 27.5 Å². The number of benzene rings is 2. The molecule has 0 fully saturated rings. The summed E-state index contributed by atoms with van der Waals surface area (Å²) in [5, 5.41) is 0. The lowest BCUT2D eigenvalue weighted by atomic mass is 10.1. The minimum absolute atomic E-state index is 0.136. The number of carbonyl (C=O) groups excluding carboxylic acids is 1. The number of aromatic nitrogens is 1. The van der Waals surface area contributed by atoms with Crippen molar-refractivity contribution in [2.45, 2.75) is 26.5 Å². The molecule has 4 rings (SSSR count). The maximum Gasteiger partial charge on any atom is 0.292 e. The summed E-state index contributed by atoms with van der Waals surface area (Å²) in [7, 11) is 0. The first-order valence-electron chi connectivity index (χ1n) is 8.58. The summed E-state index contributed by atoms with van der Waals surface area (Å²) in [6.07, 6.45) is 4.78. The lowest BCUT2D eigenvalue weighted by Gasteiger charge is -2.23. The first kappa shape index (κ1) is 17.4. The smallest absolute Gasteiger partial charge is 0.292 e. The number of ether oxygens (including phenoxy) is 2. The van der Waals surface area contributed by atoms with Gasteiger partial charge in [-0.3, -0.25) is 4.79 Å². The van der Waals surface area contributed by atoms with Gasteiger partial charge in [0.15, 0.2) is 16.3 Å². The highest BCUT2D eigenvalue weighted by Crippen LogP contribution is 2.31. The standard InChI is InChI=1S/C21H18N2O3S/c1-4-9-23-19-14(3)10-13(2)11-18(19)27-21(23)22-20(24)17-12-25-15-7-5-6-8-16(15)26-17/h1,5-8,10-11,17H,9,12H2,2-3H3/t17-/m1/s1. The van der Waals surface area contributed by atoms with Crippen LogP contribution in [0.5, 0.6) is 11.5 Å². The molecule has 0 radical (unpaired) electrons. The predicted octanol–water partition coefficient (Wildman–Crippen LogP) is 3.22. The minimum atomic E-state index is -0.771. The van der Waals surface area contributed by atoms with E-state index in [4.69, 9.17) is 15.9 Å². The number of hydrogen-bond donors (Lipinski definition) is 0. The fourth-order valence-corrected chi connectivity index (χ4v) is 4.43. The maximum atomic E-state index is 12.7.